The number of nitro groups is 1. The summed E-state index contributed by atoms with van der Waals surface area (Å²) in [4.78, 5) is 10.7. The van der Waals surface area contributed by atoms with Gasteiger partial charge in [-0.1, -0.05) is 6.07 Å². The summed E-state index contributed by atoms with van der Waals surface area (Å²) in [7, 11) is 1.61. The minimum Gasteiger partial charge on any atom is -0.378 e. The Morgan fingerprint density at radius 1 is 1.55 bits per heavy atom. The molecule has 0 aliphatic carbocycles. The molecule has 4 N–H and O–H groups in total. The van der Waals surface area contributed by atoms with Crippen LogP contribution in [0.25, 0.3) is 0 Å². The Morgan fingerprint density at radius 2 is 2.30 bits per heavy atom. The molecule has 1 atom stereocenters. The van der Waals surface area contributed by atoms with Gasteiger partial charge in [0.05, 0.1) is 11.5 Å². The van der Waals surface area contributed by atoms with Crippen LogP contribution in [-0.2, 0) is 9.47 Å². The Hall–Kier alpha value is -1.90. The van der Waals surface area contributed by atoms with Crippen molar-refractivity contribution in [2.24, 2.45) is 5.84 Å². The molecule has 0 amide bonds. The first-order valence-corrected chi connectivity index (χ1v) is 6.23. The molecule has 0 radical (unpaired) electrons. The molecule has 1 aliphatic heterocycles. The number of nitrogens with two attached hydrogens (primary N) is 1. The van der Waals surface area contributed by atoms with Gasteiger partial charge in [0, 0.05) is 26.7 Å². The van der Waals surface area contributed by atoms with E-state index in [1.807, 2.05) is 0 Å². The number of anilines is 2. The number of benzene rings is 1. The summed E-state index contributed by atoms with van der Waals surface area (Å²) < 4.78 is 10.8. The van der Waals surface area contributed by atoms with Crippen molar-refractivity contribution in [2.45, 2.75) is 12.0 Å². The number of nitrogens with one attached hydrogen (secondary N) is 2. The Kier molecular flexibility index (Phi) is 4.38. The van der Waals surface area contributed by atoms with Crippen LogP contribution in [0.3, 0.4) is 0 Å². The number of nitro benzene ring substituents is 1. The summed E-state index contributed by atoms with van der Waals surface area (Å²) in [5, 5.41) is 14.2. The molecule has 1 aromatic rings. The maximum atomic E-state index is 11.2. The molecule has 1 unspecified atom stereocenters. The Bertz CT molecular complexity index is 488. The third-order valence-corrected chi connectivity index (χ3v) is 3.48. The highest BCUT2D eigenvalue weighted by atomic mass is 16.6. The minimum absolute atomic E-state index is 0.0832. The third kappa shape index (κ3) is 2.82. The Balaban J connectivity index is 2.19. The molecule has 0 aromatic heterocycles. The molecule has 0 bridgehead atoms. The highest BCUT2D eigenvalue weighted by Crippen LogP contribution is 2.33. The van der Waals surface area contributed by atoms with E-state index < -0.39 is 10.5 Å². The predicted octanol–water partition coefficient (Wildman–Crippen LogP) is 1.10. The van der Waals surface area contributed by atoms with Crippen molar-refractivity contribution in [2.75, 3.05) is 37.6 Å². The van der Waals surface area contributed by atoms with Crippen molar-refractivity contribution >= 4 is 17.1 Å². The molecule has 2 rings (SSSR count). The van der Waals surface area contributed by atoms with Gasteiger partial charge in [0.2, 0.25) is 0 Å². The van der Waals surface area contributed by atoms with E-state index in [-0.39, 0.29) is 11.4 Å². The second kappa shape index (κ2) is 6.04. The molecule has 1 fully saturated rings. The largest absolute Gasteiger partial charge is 0.378 e. The topological polar surface area (TPSA) is 112 Å². The van der Waals surface area contributed by atoms with Crippen molar-refractivity contribution in [3.05, 3.63) is 28.3 Å². The quantitative estimate of drug-likeness (QED) is 0.407. The first-order valence-electron chi connectivity index (χ1n) is 6.23. The maximum absolute atomic E-state index is 11.2. The van der Waals surface area contributed by atoms with Crippen LogP contribution in [0.2, 0.25) is 0 Å². The first kappa shape index (κ1) is 14.5. The molecule has 1 heterocycles. The summed E-state index contributed by atoms with van der Waals surface area (Å²) in [6.07, 6.45) is 0.749. The summed E-state index contributed by atoms with van der Waals surface area (Å²) in [6.45, 7) is 1.53. The zero-order valence-corrected chi connectivity index (χ0v) is 11.2. The average Bonchev–Trinajstić information content (AvgIpc) is 2.93. The van der Waals surface area contributed by atoms with Gasteiger partial charge in [0.1, 0.15) is 17.0 Å². The van der Waals surface area contributed by atoms with Gasteiger partial charge >= 0.3 is 5.69 Å². The van der Waals surface area contributed by atoms with Crippen molar-refractivity contribution in [1.82, 2.24) is 0 Å². The molecule has 8 nitrogen and oxygen atoms in total. The molecule has 0 spiro atoms. The lowest BCUT2D eigenvalue weighted by Gasteiger charge is -2.26. The van der Waals surface area contributed by atoms with Crippen molar-refractivity contribution in [3.63, 3.8) is 0 Å². The van der Waals surface area contributed by atoms with Crippen molar-refractivity contribution in [3.8, 4) is 0 Å². The monoisotopic (exact) mass is 282 g/mol. The van der Waals surface area contributed by atoms with E-state index in [4.69, 9.17) is 15.3 Å². The van der Waals surface area contributed by atoms with Gasteiger partial charge in [-0.3, -0.25) is 16.0 Å². The molecule has 20 heavy (non-hydrogen) atoms. The minimum atomic E-state index is -0.470. The molecule has 0 saturated carbocycles. The van der Waals surface area contributed by atoms with Crippen LogP contribution in [0.4, 0.5) is 17.1 Å². The second-order valence-corrected chi connectivity index (χ2v) is 4.65. The summed E-state index contributed by atoms with van der Waals surface area (Å²) in [5.41, 5.74) is 2.46. The fourth-order valence-corrected chi connectivity index (χ4v) is 2.22. The Morgan fingerprint density at radius 3 is 2.85 bits per heavy atom. The van der Waals surface area contributed by atoms with Gasteiger partial charge in [0.25, 0.3) is 0 Å². The number of para-hydroxylation sites is 1. The highest BCUT2D eigenvalue weighted by Gasteiger charge is 2.35. The predicted molar refractivity (Wildman–Crippen MR) is 74.6 cm³/mol. The van der Waals surface area contributed by atoms with Gasteiger partial charge in [-0.25, -0.2) is 0 Å². The molecule has 1 aromatic carbocycles. The zero-order chi connectivity index (χ0) is 14.6. The molecule has 1 aliphatic rings. The molecular formula is C12H18N4O4. The number of hydrogen-bond donors (Lipinski definition) is 3. The SMILES string of the molecule is COC1(CNc2cccc(NN)c2[N+](=O)[O-])CCOC1. The normalized spacial score (nSPS) is 21.7. The van der Waals surface area contributed by atoms with Crippen LogP contribution in [0.5, 0.6) is 0 Å². The van der Waals surface area contributed by atoms with Crippen LogP contribution in [-0.4, -0.2) is 37.4 Å². The van der Waals surface area contributed by atoms with E-state index in [0.717, 1.165) is 6.42 Å². The molecule has 8 heteroatoms. The van der Waals surface area contributed by atoms with E-state index in [0.29, 0.717) is 25.4 Å². The molecular weight excluding hydrogens is 264 g/mol. The lowest BCUT2D eigenvalue weighted by atomic mass is 10.0. The fraction of sp³-hybridized carbons (Fsp3) is 0.500. The van der Waals surface area contributed by atoms with Crippen LogP contribution in [0.15, 0.2) is 18.2 Å². The van der Waals surface area contributed by atoms with Crippen molar-refractivity contribution < 1.29 is 14.4 Å². The van der Waals surface area contributed by atoms with E-state index >= 15 is 0 Å². The average molecular weight is 282 g/mol. The van der Waals surface area contributed by atoms with Crippen LogP contribution in [0.1, 0.15) is 6.42 Å². The van der Waals surface area contributed by atoms with E-state index in [1.165, 1.54) is 0 Å². The third-order valence-electron chi connectivity index (χ3n) is 3.48. The van der Waals surface area contributed by atoms with Crippen molar-refractivity contribution in [1.29, 1.82) is 0 Å². The first-order chi connectivity index (χ1) is 9.62. The van der Waals surface area contributed by atoms with E-state index in [1.54, 1.807) is 25.3 Å². The lowest BCUT2D eigenvalue weighted by molar-refractivity contribution is -0.383. The van der Waals surface area contributed by atoms with Crippen LogP contribution >= 0.6 is 0 Å². The lowest BCUT2D eigenvalue weighted by Crippen LogP contribution is -2.39. The standard InChI is InChI=1S/C12H18N4O4/c1-19-12(5-6-20-8-12)7-14-9-3-2-4-10(15-13)11(9)16(17)18/h2-4,14-15H,5-8,13H2,1H3. The van der Waals surface area contributed by atoms with Gasteiger partial charge in [0.15, 0.2) is 0 Å². The van der Waals surface area contributed by atoms with E-state index in [2.05, 4.69) is 10.7 Å². The summed E-state index contributed by atoms with van der Waals surface area (Å²) in [5.74, 6) is 5.30. The maximum Gasteiger partial charge on any atom is 0.316 e. The van der Waals surface area contributed by atoms with Gasteiger partial charge < -0.3 is 20.2 Å². The Labute approximate surface area is 116 Å². The number of methoxy groups -OCH3 is 1. The zero-order valence-electron chi connectivity index (χ0n) is 11.2. The van der Waals surface area contributed by atoms with Gasteiger partial charge in [-0.15, -0.1) is 0 Å². The number of ether oxygens (including phenoxy) is 2. The summed E-state index contributed by atoms with van der Waals surface area (Å²) in [6, 6.07) is 4.88. The smallest absolute Gasteiger partial charge is 0.316 e. The van der Waals surface area contributed by atoms with Crippen LogP contribution in [0, 0.1) is 10.1 Å². The number of nitrogen functional groups attached to an aromatic ring is 1. The number of hydrogen-bond acceptors (Lipinski definition) is 7. The number of hydrazine groups is 1. The van der Waals surface area contributed by atoms with Crippen LogP contribution < -0.4 is 16.6 Å². The molecule has 1 saturated heterocycles. The second-order valence-electron chi connectivity index (χ2n) is 4.65. The highest BCUT2D eigenvalue weighted by molar-refractivity contribution is 5.75. The summed E-state index contributed by atoms with van der Waals surface area (Å²) >= 11 is 0. The van der Waals surface area contributed by atoms with Gasteiger partial charge in [-0.05, 0) is 12.1 Å². The number of nitrogens with zero attached hydrogens (tertiary/aromatic N) is 1. The van der Waals surface area contributed by atoms with E-state index in [9.17, 15) is 10.1 Å². The molecule has 110 valence electrons. The number of rotatable bonds is 6. The fourth-order valence-electron chi connectivity index (χ4n) is 2.22. The van der Waals surface area contributed by atoms with Gasteiger partial charge in [-0.2, -0.15) is 0 Å².